The number of nitroso groups, excluding NO2 is 1. The summed E-state index contributed by atoms with van der Waals surface area (Å²) >= 11 is 0. The summed E-state index contributed by atoms with van der Waals surface area (Å²) in [5.41, 5.74) is -0.615. The molecule has 0 bridgehead atoms. The van der Waals surface area contributed by atoms with E-state index >= 15 is 0 Å². The van der Waals surface area contributed by atoms with Crippen molar-refractivity contribution in [2.24, 2.45) is 0 Å². The van der Waals surface area contributed by atoms with Gasteiger partial charge in [-0.2, -0.15) is 0 Å². The van der Waals surface area contributed by atoms with Gasteiger partial charge >= 0.3 is 5.54 Å². The Morgan fingerprint density at radius 2 is 1.82 bits per heavy atom. The van der Waals surface area contributed by atoms with Gasteiger partial charge in [-0.1, -0.05) is 0 Å². The van der Waals surface area contributed by atoms with Gasteiger partial charge in [0, 0.05) is 36.9 Å². The van der Waals surface area contributed by atoms with E-state index in [1.807, 2.05) is 20.8 Å². The minimum atomic E-state index is -0.401. The van der Waals surface area contributed by atoms with Gasteiger partial charge < -0.3 is 0 Å². The number of piperidine rings is 1. The summed E-state index contributed by atoms with van der Waals surface area (Å²) in [6, 6.07) is 0. The van der Waals surface area contributed by atoms with E-state index in [1.165, 1.54) is 0 Å². The fraction of sp³-hybridized carbons (Fsp3) is 0.889. The molecule has 0 aromatic carbocycles. The molecule has 1 fully saturated rings. The molecule has 2 nitrogen and oxygen atoms in total. The van der Waals surface area contributed by atoms with Crippen LogP contribution in [0.15, 0.2) is 0 Å². The van der Waals surface area contributed by atoms with Crippen molar-refractivity contribution in [2.45, 2.75) is 51.1 Å². The summed E-state index contributed by atoms with van der Waals surface area (Å²) < 4.78 is 1.16. The van der Waals surface area contributed by atoms with Gasteiger partial charge in [-0.05, 0) is 6.42 Å². The van der Waals surface area contributed by atoms with Gasteiger partial charge in [0.05, 0.1) is 6.42 Å². The molecule has 0 amide bonds. The second kappa shape index (κ2) is 2.23. The van der Waals surface area contributed by atoms with E-state index in [9.17, 15) is 4.91 Å². The molecule has 0 aromatic heterocycles. The summed E-state index contributed by atoms with van der Waals surface area (Å²) in [7, 11) is 0. The monoisotopic (exact) mass is 155 g/mol. The Morgan fingerprint density at radius 3 is 2.18 bits per heavy atom. The first-order valence-electron chi connectivity index (χ1n) is 4.19. The van der Waals surface area contributed by atoms with Gasteiger partial charge in [0.15, 0.2) is 0 Å². The molecule has 0 saturated carbocycles. The Labute approximate surface area is 68.6 Å². The number of hydrogen-bond donors (Lipinski definition) is 0. The Morgan fingerprint density at radius 1 is 1.27 bits per heavy atom. The molecule has 1 aliphatic heterocycles. The summed E-state index contributed by atoms with van der Waals surface area (Å²) in [5.74, 6) is 0. The maximum Gasteiger partial charge on any atom is 0.332 e. The van der Waals surface area contributed by atoms with Crippen LogP contribution in [0.1, 0.15) is 40.0 Å². The van der Waals surface area contributed by atoms with Crippen molar-refractivity contribution in [2.75, 3.05) is 0 Å². The molecule has 0 aromatic rings. The normalized spacial score (nSPS) is 37.2. The lowest BCUT2D eigenvalue weighted by atomic mass is 9.83. The summed E-state index contributed by atoms with van der Waals surface area (Å²) in [4.78, 5) is 11.6. The van der Waals surface area contributed by atoms with Gasteiger partial charge in [0.1, 0.15) is 6.92 Å². The van der Waals surface area contributed by atoms with E-state index in [1.54, 1.807) is 0 Å². The fourth-order valence-electron chi connectivity index (χ4n) is 1.84. The molecule has 2 heteroatoms. The molecular weight excluding hydrogens is 138 g/mol. The number of nitrogens with zero attached hydrogens (tertiary/aromatic N) is 1. The summed E-state index contributed by atoms with van der Waals surface area (Å²) in [6.45, 7) is 9.81. The fourth-order valence-corrected chi connectivity index (χ4v) is 1.84. The van der Waals surface area contributed by atoms with Crippen molar-refractivity contribution in [1.29, 1.82) is 0 Å². The highest BCUT2D eigenvalue weighted by molar-refractivity contribution is 4.85. The molecule has 1 unspecified atom stereocenters. The van der Waals surface area contributed by atoms with Crippen LogP contribution in [0.2, 0.25) is 0 Å². The number of hydrogen-bond acceptors (Lipinski definition) is 1. The molecule has 62 valence electrons. The van der Waals surface area contributed by atoms with Gasteiger partial charge in [-0.25, -0.2) is 0 Å². The Kier molecular flexibility index (Phi) is 1.73. The standard InChI is InChI=1S/C9H17NO/c1-8(2)6-5-7-9(3,4)10(8)11/h1,5-7H2,2-4H3/q+2. The van der Waals surface area contributed by atoms with Crippen molar-refractivity contribution in [3.8, 4) is 0 Å². The smallest absolute Gasteiger partial charge is 0.0350 e. The van der Waals surface area contributed by atoms with Crippen molar-refractivity contribution >= 4 is 0 Å². The van der Waals surface area contributed by atoms with E-state index < -0.39 is 5.54 Å². The average Bonchev–Trinajstić information content (AvgIpc) is 1.82. The zero-order valence-corrected chi connectivity index (χ0v) is 7.68. The third kappa shape index (κ3) is 1.39. The van der Waals surface area contributed by atoms with E-state index in [0.717, 1.165) is 24.0 Å². The molecule has 1 heterocycles. The topological polar surface area (TPSA) is 20.1 Å². The Balaban J connectivity index is 2.85. The highest BCUT2D eigenvalue weighted by Crippen LogP contribution is 2.33. The third-order valence-electron chi connectivity index (χ3n) is 2.54. The maximum absolute atomic E-state index is 11.6. The van der Waals surface area contributed by atoms with Crippen LogP contribution in [0.5, 0.6) is 0 Å². The zero-order valence-electron chi connectivity index (χ0n) is 7.68. The van der Waals surface area contributed by atoms with Crippen LogP contribution in [0, 0.1) is 11.8 Å². The van der Waals surface area contributed by atoms with Gasteiger partial charge in [0.25, 0.3) is 0 Å². The van der Waals surface area contributed by atoms with Crippen molar-refractivity contribution < 1.29 is 4.76 Å². The minimum Gasteiger partial charge on any atom is -0.0350 e. The second-order valence-electron chi connectivity index (χ2n) is 4.46. The van der Waals surface area contributed by atoms with Crippen LogP contribution in [0.25, 0.3) is 0 Å². The van der Waals surface area contributed by atoms with E-state index in [-0.39, 0.29) is 5.54 Å². The first-order chi connectivity index (χ1) is 4.86. The molecule has 0 aliphatic carbocycles. The van der Waals surface area contributed by atoms with Crippen LogP contribution in [-0.4, -0.2) is 15.8 Å². The van der Waals surface area contributed by atoms with Gasteiger partial charge in [-0.15, -0.1) is 0 Å². The highest BCUT2D eigenvalue weighted by Gasteiger charge is 2.54. The summed E-state index contributed by atoms with van der Waals surface area (Å²) in [6.07, 6.45) is 3.02. The van der Waals surface area contributed by atoms with Crippen molar-refractivity contribution in [1.82, 2.24) is 0 Å². The van der Waals surface area contributed by atoms with E-state index in [2.05, 4.69) is 6.92 Å². The largest absolute Gasteiger partial charge is 0.332 e. The van der Waals surface area contributed by atoms with Gasteiger partial charge in [-0.3, -0.25) is 0 Å². The third-order valence-corrected chi connectivity index (χ3v) is 2.54. The Bertz CT molecular complexity index is 164. The quantitative estimate of drug-likeness (QED) is 0.388. The highest BCUT2D eigenvalue weighted by atomic mass is 16.3. The molecule has 1 atom stereocenters. The lowest BCUT2D eigenvalue weighted by molar-refractivity contribution is -0.685. The molecule has 11 heavy (non-hydrogen) atoms. The molecule has 1 rings (SSSR count). The molecular formula is C9H17NO+2. The molecule has 1 aliphatic rings. The molecule has 0 N–H and O–H groups in total. The average molecular weight is 155 g/mol. The van der Waals surface area contributed by atoms with Gasteiger partial charge in [0.2, 0.25) is 5.54 Å². The van der Waals surface area contributed by atoms with Crippen molar-refractivity contribution in [3.05, 3.63) is 11.8 Å². The van der Waals surface area contributed by atoms with Crippen LogP contribution in [0.4, 0.5) is 0 Å². The lowest BCUT2D eigenvalue weighted by Crippen LogP contribution is -2.51. The van der Waals surface area contributed by atoms with E-state index in [4.69, 9.17) is 0 Å². The van der Waals surface area contributed by atoms with Crippen LogP contribution in [-0.2, 0) is 0 Å². The van der Waals surface area contributed by atoms with Crippen molar-refractivity contribution in [3.63, 3.8) is 0 Å². The van der Waals surface area contributed by atoms with E-state index in [0.29, 0.717) is 0 Å². The molecule has 0 radical (unpaired) electrons. The lowest BCUT2D eigenvalue weighted by Gasteiger charge is -2.26. The zero-order chi connectivity index (χ0) is 8.70. The van der Waals surface area contributed by atoms with Crippen LogP contribution < -0.4 is 0 Å². The summed E-state index contributed by atoms with van der Waals surface area (Å²) in [5, 5.41) is 0. The molecule has 1 saturated heterocycles. The maximum atomic E-state index is 11.6. The van der Waals surface area contributed by atoms with Crippen LogP contribution >= 0.6 is 0 Å². The predicted molar refractivity (Wildman–Crippen MR) is 45.3 cm³/mol. The minimum absolute atomic E-state index is 0.214. The predicted octanol–water partition coefficient (Wildman–Crippen LogP) is 2.32. The number of rotatable bonds is 0. The Hall–Kier alpha value is -0.530. The molecule has 0 spiro atoms. The first-order valence-corrected chi connectivity index (χ1v) is 4.19. The first kappa shape index (κ1) is 8.57. The van der Waals surface area contributed by atoms with Crippen LogP contribution in [0.3, 0.4) is 0 Å². The second-order valence-corrected chi connectivity index (χ2v) is 4.46. The SMILES string of the molecule is [CH2+]C1(C)CCCC(C)(C)[N+]1=O.